The fourth-order valence-electron chi connectivity index (χ4n) is 2.47. The maximum absolute atomic E-state index is 11.8. The molecule has 0 saturated heterocycles. The van der Waals surface area contributed by atoms with Crippen molar-refractivity contribution in [3.8, 4) is 0 Å². The minimum absolute atomic E-state index is 0.0336. The van der Waals surface area contributed by atoms with Gasteiger partial charge in [0.1, 0.15) is 5.41 Å². The average molecular weight is 368 g/mol. The largest absolute Gasteiger partial charge is 0.481 e. The van der Waals surface area contributed by atoms with E-state index in [0.717, 1.165) is 0 Å². The first kappa shape index (κ1) is 20.6. The predicted octanol–water partition coefficient (Wildman–Crippen LogP) is 0.447. The van der Waals surface area contributed by atoms with Crippen LogP contribution in [0, 0.1) is 5.41 Å². The number of carbonyl (C=O) groups is 5. The molecule has 1 atom stereocenters. The van der Waals surface area contributed by atoms with Gasteiger partial charge in [-0.1, -0.05) is 6.58 Å². The first-order chi connectivity index (χ1) is 11.9. The zero-order valence-electron chi connectivity index (χ0n) is 13.6. The van der Waals surface area contributed by atoms with Gasteiger partial charge < -0.3 is 25.2 Å². The molecule has 0 saturated carbocycles. The quantitative estimate of drug-likeness (QED) is 0.347. The lowest BCUT2D eigenvalue weighted by Gasteiger charge is -2.33. The van der Waals surface area contributed by atoms with Gasteiger partial charge in [-0.25, -0.2) is 19.2 Å². The van der Waals surface area contributed by atoms with Crippen LogP contribution in [0.4, 0.5) is 0 Å². The van der Waals surface area contributed by atoms with Crippen molar-refractivity contribution in [2.45, 2.75) is 19.8 Å². The topological polar surface area (TPSA) is 176 Å². The van der Waals surface area contributed by atoms with Crippen LogP contribution in [0.15, 0.2) is 34.9 Å². The number of carbonyl (C=O) groups excluding carboxylic acids is 1. The predicted molar refractivity (Wildman–Crippen MR) is 83.1 cm³/mol. The Morgan fingerprint density at radius 1 is 1.08 bits per heavy atom. The molecule has 0 aromatic rings. The summed E-state index contributed by atoms with van der Waals surface area (Å²) in [5.41, 5.74) is -4.61. The zero-order valence-corrected chi connectivity index (χ0v) is 13.6. The van der Waals surface area contributed by atoms with Crippen LogP contribution >= 0.6 is 0 Å². The summed E-state index contributed by atoms with van der Waals surface area (Å²) in [6.45, 7) is 4.15. The van der Waals surface area contributed by atoms with E-state index in [2.05, 4.69) is 6.58 Å². The van der Waals surface area contributed by atoms with Crippen LogP contribution in [-0.2, 0) is 28.7 Å². The third-order valence-corrected chi connectivity index (χ3v) is 3.85. The summed E-state index contributed by atoms with van der Waals surface area (Å²) < 4.78 is 4.78. The van der Waals surface area contributed by atoms with E-state index >= 15 is 0 Å². The highest BCUT2D eigenvalue weighted by atomic mass is 16.5. The van der Waals surface area contributed by atoms with Crippen LogP contribution in [0.3, 0.4) is 0 Å². The Labute approximate surface area is 146 Å². The highest BCUT2D eigenvalue weighted by molar-refractivity contribution is 6.07. The van der Waals surface area contributed by atoms with Gasteiger partial charge in [0, 0.05) is 18.4 Å². The van der Waals surface area contributed by atoms with E-state index in [-0.39, 0.29) is 5.57 Å². The van der Waals surface area contributed by atoms with Crippen molar-refractivity contribution in [2.24, 2.45) is 5.41 Å². The van der Waals surface area contributed by atoms with Gasteiger partial charge >= 0.3 is 29.8 Å². The molecule has 0 radical (unpaired) electrons. The normalized spacial score (nSPS) is 19.3. The number of hydrogen-bond donors (Lipinski definition) is 4. The minimum atomic E-state index is -2.27. The van der Waals surface area contributed by atoms with Crippen LogP contribution in [0.1, 0.15) is 19.8 Å². The number of esters is 1. The summed E-state index contributed by atoms with van der Waals surface area (Å²) in [6, 6.07) is 0. The van der Waals surface area contributed by atoms with E-state index < -0.39 is 71.4 Å². The Balaban J connectivity index is 3.40. The number of rotatable bonds is 8. The van der Waals surface area contributed by atoms with Crippen molar-refractivity contribution >= 4 is 29.8 Å². The minimum Gasteiger partial charge on any atom is -0.481 e. The van der Waals surface area contributed by atoms with E-state index in [1.165, 1.54) is 6.92 Å². The second-order valence-electron chi connectivity index (χ2n) is 5.60. The summed E-state index contributed by atoms with van der Waals surface area (Å²) in [6.07, 6.45) is -0.933. The molecule has 26 heavy (non-hydrogen) atoms. The van der Waals surface area contributed by atoms with Crippen LogP contribution < -0.4 is 0 Å². The summed E-state index contributed by atoms with van der Waals surface area (Å²) >= 11 is 0. The summed E-state index contributed by atoms with van der Waals surface area (Å²) in [7, 11) is 0. The summed E-state index contributed by atoms with van der Waals surface area (Å²) in [5, 5.41) is 37.2. The second kappa shape index (κ2) is 7.64. The van der Waals surface area contributed by atoms with Crippen molar-refractivity contribution in [3.63, 3.8) is 0 Å². The number of carboxylic acid groups (broad SMARTS) is 4. The van der Waals surface area contributed by atoms with Gasteiger partial charge in [0.15, 0.2) is 0 Å². The summed E-state index contributed by atoms with van der Waals surface area (Å²) in [4.78, 5) is 57.3. The molecule has 1 rings (SSSR count). The number of aliphatic carboxylic acids is 4. The second-order valence-corrected chi connectivity index (χ2v) is 5.60. The molecule has 10 nitrogen and oxygen atoms in total. The molecule has 0 amide bonds. The zero-order chi connectivity index (χ0) is 20.2. The van der Waals surface area contributed by atoms with Gasteiger partial charge in [-0.05, 0) is 13.0 Å². The lowest BCUT2D eigenvalue weighted by molar-refractivity contribution is -0.153. The van der Waals surface area contributed by atoms with Crippen LogP contribution in [-0.4, -0.2) is 56.9 Å². The molecule has 0 bridgehead atoms. The lowest BCUT2D eigenvalue weighted by atomic mass is 9.68. The molecule has 0 fully saturated rings. The highest BCUT2D eigenvalue weighted by Gasteiger charge is 2.50. The Kier molecular flexibility index (Phi) is 6.06. The Hall–Kier alpha value is -3.43. The van der Waals surface area contributed by atoms with E-state index in [0.29, 0.717) is 6.08 Å². The van der Waals surface area contributed by atoms with Crippen LogP contribution in [0.25, 0.3) is 0 Å². The van der Waals surface area contributed by atoms with E-state index in [4.69, 9.17) is 9.84 Å². The Morgan fingerprint density at radius 3 is 2.04 bits per heavy atom. The van der Waals surface area contributed by atoms with Crippen LogP contribution in [0.2, 0.25) is 0 Å². The number of hydrogen-bond acceptors (Lipinski definition) is 6. The molecule has 0 aliphatic heterocycles. The van der Waals surface area contributed by atoms with Crippen LogP contribution in [0.5, 0.6) is 0 Å². The number of carboxylic acids is 4. The van der Waals surface area contributed by atoms with Crippen molar-refractivity contribution in [1.82, 2.24) is 0 Å². The third-order valence-electron chi connectivity index (χ3n) is 3.85. The fraction of sp³-hybridized carbons (Fsp3) is 0.312. The standard InChI is InChI=1S/C16H16O10/c1-7(2)14(23)26-4-3-16(15(24)25)6-9(12(19)20)8(11(17)18)5-10(16)13(21)22/h5H,1,3-4,6H2,2H3,(H,17,18)(H,19,20)(H,21,22)(H,24,25). The average Bonchev–Trinajstić information content (AvgIpc) is 2.52. The molecule has 1 aliphatic carbocycles. The molecule has 0 heterocycles. The van der Waals surface area contributed by atoms with Crippen molar-refractivity contribution in [2.75, 3.05) is 6.61 Å². The Bertz CT molecular complexity index is 770. The molecule has 0 spiro atoms. The van der Waals surface area contributed by atoms with Gasteiger partial charge in [-0.3, -0.25) is 4.79 Å². The fourth-order valence-corrected chi connectivity index (χ4v) is 2.47. The highest BCUT2D eigenvalue weighted by Crippen LogP contribution is 2.43. The van der Waals surface area contributed by atoms with Crippen molar-refractivity contribution in [1.29, 1.82) is 0 Å². The molecule has 0 aromatic carbocycles. The first-order valence-corrected chi connectivity index (χ1v) is 7.15. The molecule has 1 aliphatic rings. The smallest absolute Gasteiger partial charge is 0.336 e. The van der Waals surface area contributed by atoms with E-state index in [9.17, 15) is 39.3 Å². The molecule has 140 valence electrons. The van der Waals surface area contributed by atoms with E-state index in [1.54, 1.807) is 0 Å². The number of ether oxygens (including phenoxy) is 1. The summed E-state index contributed by atoms with van der Waals surface area (Å²) in [5.74, 6) is -7.62. The van der Waals surface area contributed by atoms with Gasteiger partial charge in [0.05, 0.1) is 23.3 Å². The Morgan fingerprint density at radius 2 is 1.65 bits per heavy atom. The molecule has 10 heteroatoms. The molecular weight excluding hydrogens is 352 g/mol. The van der Waals surface area contributed by atoms with Gasteiger partial charge in [-0.15, -0.1) is 0 Å². The maximum atomic E-state index is 11.8. The molecule has 1 unspecified atom stereocenters. The SMILES string of the molecule is C=C(C)C(=O)OCCC1(C(=O)O)CC(C(=O)O)=C(C(=O)O)C=C1C(=O)O. The molecule has 0 aromatic heterocycles. The van der Waals surface area contributed by atoms with Crippen molar-refractivity contribution < 1.29 is 49.1 Å². The first-order valence-electron chi connectivity index (χ1n) is 7.15. The monoisotopic (exact) mass is 368 g/mol. The lowest BCUT2D eigenvalue weighted by Crippen LogP contribution is -2.41. The third kappa shape index (κ3) is 3.97. The molecule has 4 N–H and O–H groups in total. The maximum Gasteiger partial charge on any atom is 0.336 e. The van der Waals surface area contributed by atoms with Gasteiger partial charge in [0.25, 0.3) is 0 Å². The van der Waals surface area contributed by atoms with Gasteiger partial charge in [0.2, 0.25) is 0 Å². The van der Waals surface area contributed by atoms with Gasteiger partial charge in [-0.2, -0.15) is 0 Å². The van der Waals surface area contributed by atoms with Crippen molar-refractivity contribution in [3.05, 3.63) is 34.9 Å². The van der Waals surface area contributed by atoms with E-state index in [1.807, 2.05) is 0 Å². The molecular formula is C16H16O10.